The van der Waals surface area contributed by atoms with E-state index in [-0.39, 0.29) is 0 Å². The molecule has 0 spiro atoms. The summed E-state index contributed by atoms with van der Waals surface area (Å²) in [6.45, 7) is 2.00. The molecule has 0 saturated heterocycles. The molecule has 4 heteroatoms. The monoisotopic (exact) mass is 239 g/mol. The normalized spacial score (nSPS) is 10.7. The number of hydrogen-bond acceptors (Lipinski definition) is 3. The molecule has 4 nitrogen and oxygen atoms in total. The molecule has 1 aromatic carbocycles. The Bertz CT molecular complexity index is 703. The Hall–Kier alpha value is -2.49. The topological polar surface area (TPSA) is 52.5 Å². The molecule has 0 aliphatic heterocycles. The summed E-state index contributed by atoms with van der Waals surface area (Å²) in [6.07, 6.45) is 3.60. The van der Waals surface area contributed by atoms with E-state index >= 15 is 0 Å². The van der Waals surface area contributed by atoms with Crippen LogP contribution in [0.2, 0.25) is 0 Å². The van der Waals surface area contributed by atoms with Crippen LogP contribution in [0.15, 0.2) is 48.8 Å². The molecule has 2 N–H and O–H groups in total. The summed E-state index contributed by atoms with van der Waals surface area (Å²) in [5.74, 6) is 1.36. The van der Waals surface area contributed by atoms with Gasteiger partial charge in [0.05, 0.1) is 5.69 Å². The smallest absolute Gasteiger partial charge is 0.205 e. The van der Waals surface area contributed by atoms with Gasteiger partial charge in [-0.3, -0.25) is 4.40 Å². The lowest BCUT2D eigenvalue weighted by molar-refractivity contribution is 0.458. The minimum atomic E-state index is 0.623. The number of rotatable bonds is 2. The number of ether oxygens (including phenoxy) is 1. The number of aromatic nitrogens is 2. The van der Waals surface area contributed by atoms with Crippen LogP contribution < -0.4 is 10.5 Å². The molecule has 2 aromatic heterocycles. The molecule has 0 radical (unpaired) electrons. The predicted octanol–water partition coefficient (Wildman–Crippen LogP) is 3.02. The van der Waals surface area contributed by atoms with Crippen LogP contribution in [0.5, 0.6) is 11.6 Å². The van der Waals surface area contributed by atoms with Gasteiger partial charge in [-0.25, -0.2) is 4.98 Å². The van der Waals surface area contributed by atoms with Crippen molar-refractivity contribution in [2.75, 3.05) is 5.73 Å². The summed E-state index contributed by atoms with van der Waals surface area (Å²) in [6, 6.07) is 11.4. The molecule has 0 unspecified atom stereocenters. The second kappa shape index (κ2) is 4.07. The van der Waals surface area contributed by atoms with Gasteiger partial charge < -0.3 is 10.5 Å². The molecule has 0 fully saturated rings. The zero-order valence-corrected chi connectivity index (χ0v) is 10.00. The first kappa shape index (κ1) is 10.7. The van der Waals surface area contributed by atoms with Crippen molar-refractivity contribution in [1.82, 2.24) is 9.38 Å². The molecule has 2 heterocycles. The van der Waals surface area contributed by atoms with Crippen molar-refractivity contribution >= 4 is 11.3 Å². The maximum Gasteiger partial charge on any atom is 0.205 e. The lowest BCUT2D eigenvalue weighted by Crippen LogP contribution is -1.96. The average Bonchev–Trinajstić information content (AvgIpc) is 2.83. The number of hydrogen-bond donors (Lipinski definition) is 1. The van der Waals surface area contributed by atoms with E-state index in [1.807, 2.05) is 53.9 Å². The molecule has 0 bridgehead atoms. The second-order valence-electron chi connectivity index (χ2n) is 4.16. The van der Waals surface area contributed by atoms with E-state index in [0.717, 1.165) is 11.2 Å². The van der Waals surface area contributed by atoms with Crippen LogP contribution in [0.1, 0.15) is 5.56 Å². The Morgan fingerprint density at radius 2 is 2.11 bits per heavy atom. The minimum Gasteiger partial charge on any atom is -0.438 e. The summed E-state index contributed by atoms with van der Waals surface area (Å²) in [5.41, 5.74) is 8.48. The number of aryl methyl sites for hydroxylation is 1. The third kappa shape index (κ3) is 1.78. The van der Waals surface area contributed by atoms with E-state index in [2.05, 4.69) is 4.98 Å². The molecule has 3 rings (SSSR count). The highest BCUT2D eigenvalue weighted by molar-refractivity contribution is 5.55. The van der Waals surface area contributed by atoms with Crippen molar-refractivity contribution < 1.29 is 4.74 Å². The fourth-order valence-electron chi connectivity index (χ4n) is 1.85. The van der Waals surface area contributed by atoms with Crippen molar-refractivity contribution in [2.45, 2.75) is 6.92 Å². The first-order valence-electron chi connectivity index (χ1n) is 5.70. The second-order valence-corrected chi connectivity index (χ2v) is 4.16. The molecule has 3 aromatic rings. The molecule has 18 heavy (non-hydrogen) atoms. The zero-order chi connectivity index (χ0) is 12.5. The molecule has 0 aliphatic carbocycles. The third-order valence-electron chi connectivity index (χ3n) is 2.77. The van der Waals surface area contributed by atoms with Gasteiger partial charge in [0.25, 0.3) is 0 Å². The van der Waals surface area contributed by atoms with E-state index < -0.39 is 0 Å². The summed E-state index contributed by atoms with van der Waals surface area (Å²) in [5, 5.41) is 0. The standard InChI is InChI=1S/C14H13N3O/c1-10-5-6-11(15)12(9-10)18-14-4-2-3-13-16-7-8-17(13)14/h2-9H,15H2,1H3. The maximum atomic E-state index is 5.91. The largest absolute Gasteiger partial charge is 0.438 e. The van der Waals surface area contributed by atoms with Crippen molar-refractivity contribution in [3.8, 4) is 11.6 Å². The lowest BCUT2D eigenvalue weighted by atomic mass is 10.2. The Balaban J connectivity index is 2.06. The average molecular weight is 239 g/mol. The summed E-state index contributed by atoms with van der Waals surface area (Å²) >= 11 is 0. The predicted molar refractivity (Wildman–Crippen MR) is 70.9 cm³/mol. The van der Waals surface area contributed by atoms with E-state index in [0.29, 0.717) is 17.3 Å². The number of nitrogens with two attached hydrogens (primary N) is 1. The Morgan fingerprint density at radius 1 is 1.22 bits per heavy atom. The van der Waals surface area contributed by atoms with Crippen molar-refractivity contribution in [2.24, 2.45) is 0 Å². The summed E-state index contributed by atoms with van der Waals surface area (Å²) in [7, 11) is 0. The van der Waals surface area contributed by atoms with Crippen LogP contribution in [-0.2, 0) is 0 Å². The van der Waals surface area contributed by atoms with Gasteiger partial charge in [0, 0.05) is 12.4 Å². The Morgan fingerprint density at radius 3 is 3.00 bits per heavy atom. The summed E-state index contributed by atoms with van der Waals surface area (Å²) in [4.78, 5) is 4.21. The fraction of sp³-hybridized carbons (Fsp3) is 0.0714. The number of pyridine rings is 1. The summed E-state index contributed by atoms with van der Waals surface area (Å²) < 4.78 is 7.74. The molecular formula is C14H13N3O. The molecule has 0 amide bonds. The van der Waals surface area contributed by atoms with Crippen LogP contribution in [-0.4, -0.2) is 9.38 Å². The van der Waals surface area contributed by atoms with Crippen LogP contribution >= 0.6 is 0 Å². The van der Waals surface area contributed by atoms with Gasteiger partial charge >= 0.3 is 0 Å². The Labute approximate surface area is 105 Å². The molecule has 90 valence electrons. The SMILES string of the molecule is Cc1ccc(N)c(Oc2cccc3nccn23)c1. The molecule has 0 aliphatic rings. The molecular weight excluding hydrogens is 226 g/mol. The van der Waals surface area contributed by atoms with E-state index in [9.17, 15) is 0 Å². The number of nitrogens with zero attached hydrogens (tertiary/aromatic N) is 2. The van der Waals surface area contributed by atoms with Gasteiger partial charge in [-0.2, -0.15) is 0 Å². The zero-order valence-electron chi connectivity index (χ0n) is 10.00. The highest BCUT2D eigenvalue weighted by Gasteiger charge is 2.06. The van der Waals surface area contributed by atoms with Gasteiger partial charge in [0.2, 0.25) is 5.88 Å². The quantitative estimate of drug-likeness (QED) is 0.699. The van der Waals surface area contributed by atoms with Crippen molar-refractivity contribution in [3.05, 3.63) is 54.4 Å². The van der Waals surface area contributed by atoms with E-state index in [4.69, 9.17) is 10.5 Å². The van der Waals surface area contributed by atoms with Gasteiger partial charge in [0.1, 0.15) is 5.65 Å². The van der Waals surface area contributed by atoms with Crippen LogP contribution in [0, 0.1) is 6.92 Å². The fourth-order valence-corrected chi connectivity index (χ4v) is 1.85. The number of nitrogen functional groups attached to an aromatic ring is 1. The number of imidazole rings is 1. The number of anilines is 1. The van der Waals surface area contributed by atoms with Crippen molar-refractivity contribution in [3.63, 3.8) is 0 Å². The Kier molecular flexibility index (Phi) is 2.41. The van der Waals surface area contributed by atoms with Gasteiger partial charge in [-0.05, 0) is 36.8 Å². The molecule has 0 atom stereocenters. The first-order chi connectivity index (χ1) is 8.74. The van der Waals surface area contributed by atoms with Gasteiger partial charge in [-0.1, -0.05) is 12.1 Å². The number of benzene rings is 1. The van der Waals surface area contributed by atoms with E-state index in [1.54, 1.807) is 6.20 Å². The van der Waals surface area contributed by atoms with Crippen LogP contribution in [0.3, 0.4) is 0 Å². The number of fused-ring (bicyclic) bond motifs is 1. The first-order valence-corrected chi connectivity index (χ1v) is 5.70. The van der Waals surface area contributed by atoms with Gasteiger partial charge in [0.15, 0.2) is 5.75 Å². The lowest BCUT2D eigenvalue weighted by Gasteiger charge is -2.10. The van der Waals surface area contributed by atoms with Crippen LogP contribution in [0.4, 0.5) is 5.69 Å². The molecule has 0 saturated carbocycles. The third-order valence-corrected chi connectivity index (χ3v) is 2.77. The highest BCUT2D eigenvalue weighted by atomic mass is 16.5. The van der Waals surface area contributed by atoms with Gasteiger partial charge in [-0.15, -0.1) is 0 Å². The minimum absolute atomic E-state index is 0.623. The van der Waals surface area contributed by atoms with E-state index in [1.165, 1.54) is 0 Å². The maximum absolute atomic E-state index is 5.91. The highest BCUT2D eigenvalue weighted by Crippen LogP contribution is 2.28. The van der Waals surface area contributed by atoms with Crippen molar-refractivity contribution in [1.29, 1.82) is 0 Å². The van der Waals surface area contributed by atoms with Crippen LogP contribution in [0.25, 0.3) is 5.65 Å².